The molecule has 4 nitrogen and oxygen atoms in total. The molecule has 0 saturated heterocycles. The van der Waals surface area contributed by atoms with Gasteiger partial charge in [-0.3, -0.25) is 9.78 Å². The summed E-state index contributed by atoms with van der Waals surface area (Å²) < 4.78 is 5.74. The number of nitrogens with zero attached hydrogens (tertiary/aromatic N) is 1. The van der Waals surface area contributed by atoms with Gasteiger partial charge in [0.1, 0.15) is 5.75 Å². The Balaban J connectivity index is 1.60. The molecule has 3 aromatic rings. The van der Waals surface area contributed by atoms with Crippen molar-refractivity contribution in [2.24, 2.45) is 0 Å². The lowest BCUT2D eigenvalue weighted by Crippen LogP contribution is -2.36. The van der Waals surface area contributed by atoms with Crippen molar-refractivity contribution < 1.29 is 9.53 Å². The van der Waals surface area contributed by atoms with Crippen LogP contribution in [0.15, 0.2) is 66.9 Å². The Morgan fingerprint density at radius 2 is 1.87 bits per heavy atom. The summed E-state index contributed by atoms with van der Waals surface area (Å²) in [5.74, 6) is 0.521. The van der Waals surface area contributed by atoms with E-state index in [-0.39, 0.29) is 5.91 Å². The van der Waals surface area contributed by atoms with Gasteiger partial charge in [-0.15, -0.1) is 0 Å². The van der Waals surface area contributed by atoms with E-state index in [4.69, 9.17) is 4.74 Å². The maximum Gasteiger partial charge on any atom is 0.261 e. The number of fused-ring (bicyclic) bond motifs is 1. The number of nitrogens with one attached hydrogen (secondary N) is 1. The second-order valence-electron chi connectivity index (χ2n) is 5.31. The van der Waals surface area contributed by atoms with Crippen molar-refractivity contribution in [2.75, 3.05) is 0 Å². The first-order valence-electron chi connectivity index (χ1n) is 7.55. The number of rotatable bonds is 5. The van der Waals surface area contributed by atoms with Crippen molar-refractivity contribution in [3.8, 4) is 5.75 Å². The van der Waals surface area contributed by atoms with Crippen molar-refractivity contribution in [2.45, 2.75) is 19.6 Å². The summed E-state index contributed by atoms with van der Waals surface area (Å²) >= 11 is 0. The third kappa shape index (κ3) is 3.86. The molecule has 1 heterocycles. The molecule has 3 rings (SSSR count). The van der Waals surface area contributed by atoms with Crippen molar-refractivity contribution in [1.82, 2.24) is 10.3 Å². The first kappa shape index (κ1) is 15.0. The number of pyridine rings is 1. The molecule has 4 heteroatoms. The van der Waals surface area contributed by atoms with E-state index in [9.17, 15) is 4.79 Å². The van der Waals surface area contributed by atoms with Crippen LogP contribution in [0.4, 0.5) is 0 Å². The van der Waals surface area contributed by atoms with Crippen LogP contribution >= 0.6 is 0 Å². The minimum absolute atomic E-state index is 0.163. The van der Waals surface area contributed by atoms with Gasteiger partial charge < -0.3 is 10.1 Å². The predicted octanol–water partition coefficient (Wildman–Crippen LogP) is 3.32. The van der Waals surface area contributed by atoms with Crippen molar-refractivity contribution in [3.63, 3.8) is 0 Å². The smallest absolute Gasteiger partial charge is 0.261 e. The minimum Gasteiger partial charge on any atom is -0.481 e. The molecule has 0 aliphatic carbocycles. The summed E-state index contributed by atoms with van der Waals surface area (Å²) in [4.78, 5) is 16.3. The van der Waals surface area contributed by atoms with Gasteiger partial charge in [-0.1, -0.05) is 36.4 Å². The Labute approximate surface area is 135 Å². The van der Waals surface area contributed by atoms with Crippen LogP contribution in [0.5, 0.6) is 5.75 Å². The third-order valence-electron chi connectivity index (χ3n) is 3.57. The molecule has 1 N–H and O–H groups in total. The highest BCUT2D eigenvalue weighted by Crippen LogP contribution is 2.21. The Kier molecular flexibility index (Phi) is 4.52. The van der Waals surface area contributed by atoms with Gasteiger partial charge in [-0.05, 0) is 42.0 Å². The molecule has 0 saturated carbocycles. The fourth-order valence-electron chi connectivity index (χ4n) is 2.32. The van der Waals surface area contributed by atoms with Crippen LogP contribution in [0.1, 0.15) is 12.6 Å². The molecular weight excluding hydrogens is 288 g/mol. The number of amides is 1. The van der Waals surface area contributed by atoms with Crippen molar-refractivity contribution in [1.29, 1.82) is 0 Å². The van der Waals surface area contributed by atoms with E-state index in [0.29, 0.717) is 12.3 Å². The highest BCUT2D eigenvalue weighted by Gasteiger charge is 2.14. The van der Waals surface area contributed by atoms with Crippen LogP contribution in [-0.4, -0.2) is 17.0 Å². The average Bonchev–Trinajstić information content (AvgIpc) is 2.60. The second-order valence-corrected chi connectivity index (χ2v) is 5.31. The molecule has 1 unspecified atom stereocenters. The summed E-state index contributed by atoms with van der Waals surface area (Å²) in [5.41, 5.74) is 0.818. The number of aromatic nitrogens is 1. The van der Waals surface area contributed by atoms with E-state index in [1.165, 1.54) is 0 Å². The van der Waals surface area contributed by atoms with Crippen LogP contribution in [0.2, 0.25) is 0 Å². The lowest BCUT2D eigenvalue weighted by atomic mass is 10.1. The van der Waals surface area contributed by atoms with Gasteiger partial charge >= 0.3 is 0 Å². The maximum absolute atomic E-state index is 12.1. The SMILES string of the molecule is CC(Oc1ccc2ccccc2c1)C(=O)NCc1ccccn1. The van der Waals surface area contributed by atoms with E-state index in [1.807, 2.05) is 60.7 Å². The molecule has 0 fully saturated rings. The topological polar surface area (TPSA) is 51.2 Å². The van der Waals surface area contributed by atoms with Gasteiger partial charge in [0.05, 0.1) is 12.2 Å². The zero-order chi connectivity index (χ0) is 16.1. The quantitative estimate of drug-likeness (QED) is 0.786. The van der Waals surface area contributed by atoms with E-state index in [2.05, 4.69) is 10.3 Å². The first-order valence-corrected chi connectivity index (χ1v) is 7.55. The molecule has 0 radical (unpaired) electrons. The Morgan fingerprint density at radius 3 is 2.65 bits per heavy atom. The van der Waals surface area contributed by atoms with Gasteiger partial charge in [0.2, 0.25) is 0 Å². The normalized spacial score (nSPS) is 11.9. The van der Waals surface area contributed by atoms with E-state index in [1.54, 1.807) is 13.1 Å². The lowest BCUT2D eigenvalue weighted by molar-refractivity contribution is -0.127. The van der Waals surface area contributed by atoms with Gasteiger partial charge in [0, 0.05) is 6.20 Å². The predicted molar refractivity (Wildman–Crippen MR) is 90.1 cm³/mol. The largest absolute Gasteiger partial charge is 0.481 e. The number of hydrogen-bond donors (Lipinski definition) is 1. The summed E-state index contributed by atoms with van der Waals surface area (Å²) in [5, 5.41) is 5.06. The number of benzene rings is 2. The molecule has 1 amide bonds. The Hall–Kier alpha value is -2.88. The summed E-state index contributed by atoms with van der Waals surface area (Å²) in [6.45, 7) is 2.13. The highest BCUT2D eigenvalue weighted by atomic mass is 16.5. The molecule has 0 aliphatic heterocycles. The van der Waals surface area contributed by atoms with Gasteiger partial charge in [-0.25, -0.2) is 0 Å². The Morgan fingerprint density at radius 1 is 1.09 bits per heavy atom. The molecule has 0 spiro atoms. The second kappa shape index (κ2) is 6.92. The molecular formula is C19H18N2O2. The van der Waals surface area contributed by atoms with Crippen LogP contribution in [0, 0.1) is 0 Å². The molecule has 0 bridgehead atoms. The number of ether oxygens (including phenoxy) is 1. The van der Waals surface area contributed by atoms with E-state index in [0.717, 1.165) is 16.5 Å². The van der Waals surface area contributed by atoms with Crippen molar-refractivity contribution >= 4 is 16.7 Å². The van der Waals surface area contributed by atoms with Crippen LogP contribution in [0.25, 0.3) is 10.8 Å². The standard InChI is InChI=1S/C19H18N2O2/c1-14(19(22)21-13-17-8-4-5-11-20-17)23-18-10-9-15-6-2-3-7-16(15)12-18/h2-12,14H,13H2,1H3,(H,21,22). The first-order chi connectivity index (χ1) is 11.2. The minimum atomic E-state index is -0.570. The zero-order valence-electron chi connectivity index (χ0n) is 12.9. The molecule has 1 aromatic heterocycles. The van der Waals surface area contributed by atoms with Gasteiger partial charge in [0.15, 0.2) is 6.10 Å². The molecule has 116 valence electrons. The van der Waals surface area contributed by atoms with E-state index >= 15 is 0 Å². The number of carbonyl (C=O) groups excluding carboxylic acids is 1. The van der Waals surface area contributed by atoms with Crippen LogP contribution in [-0.2, 0) is 11.3 Å². The van der Waals surface area contributed by atoms with Crippen molar-refractivity contribution in [3.05, 3.63) is 72.6 Å². The lowest BCUT2D eigenvalue weighted by Gasteiger charge is -2.15. The molecule has 2 aromatic carbocycles. The monoisotopic (exact) mass is 306 g/mol. The fraction of sp³-hybridized carbons (Fsp3) is 0.158. The van der Waals surface area contributed by atoms with Gasteiger partial charge in [0.25, 0.3) is 5.91 Å². The molecule has 0 aliphatic rings. The summed E-state index contributed by atoms with van der Waals surface area (Å²) in [7, 11) is 0. The average molecular weight is 306 g/mol. The number of carbonyl (C=O) groups is 1. The summed E-state index contributed by atoms with van der Waals surface area (Å²) in [6.07, 6.45) is 1.14. The van der Waals surface area contributed by atoms with Crippen LogP contribution in [0.3, 0.4) is 0 Å². The molecule has 1 atom stereocenters. The summed E-state index contributed by atoms with van der Waals surface area (Å²) in [6, 6.07) is 19.5. The maximum atomic E-state index is 12.1. The van der Waals surface area contributed by atoms with Gasteiger partial charge in [-0.2, -0.15) is 0 Å². The molecule has 23 heavy (non-hydrogen) atoms. The zero-order valence-corrected chi connectivity index (χ0v) is 12.9. The fourth-order valence-corrected chi connectivity index (χ4v) is 2.32. The highest BCUT2D eigenvalue weighted by molar-refractivity contribution is 5.84. The Bertz CT molecular complexity index is 803. The van der Waals surface area contributed by atoms with Crippen LogP contribution < -0.4 is 10.1 Å². The third-order valence-corrected chi connectivity index (χ3v) is 3.57. The number of hydrogen-bond acceptors (Lipinski definition) is 3. The van der Waals surface area contributed by atoms with E-state index < -0.39 is 6.10 Å².